The average Bonchev–Trinajstić information content (AvgIpc) is 2.91. The lowest BCUT2D eigenvalue weighted by atomic mass is 10.1. The number of benzene rings is 1. The molecule has 1 aliphatic rings. The lowest BCUT2D eigenvalue weighted by molar-refractivity contribution is -0.118. The van der Waals surface area contributed by atoms with E-state index >= 15 is 0 Å². The van der Waals surface area contributed by atoms with E-state index in [9.17, 15) is 4.79 Å². The summed E-state index contributed by atoms with van der Waals surface area (Å²) in [6, 6.07) is 12.1. The molecule has 1 aliphatic heterocycles. The number of fused-ring (bicyclic) bond motifs is 1. The molecule has 4 heteroatoms. The number of anilines is 1. The van der Waals surface area contributed by atoms with Gasteiger partial charge in [0.05, 0.1) is 6.04 Å². The van der Waals surface area contributed by atoms with Crippen LogP contribution in [0.5, 0.6) is 0 Å². The maximum atomic E-state index is 12.2. The molecule has 1 aromatic carbocycles. The van der Waals surface area contributed by atoms with Gasteiger partial charge in [0.1, 0.15) is 0 Å². The fourth-order valence-electron chi connectivity index (χ4n) is 2.53. The molecule has 1 aromatic heterocycles. The molecule has 2 aromatic rings. The summed E-state index contributed by atoms with van der Waals surface area (Å²) in [6.45, 7) is 0.842. The summed E-state index contributed by atoms with van der Waals surface area (Å²) < 4.78 is 0. The van der Waals surface area contributed by atoms with Crippen LogP contribution in [0.3, 0.4) is 0 Å². The van der Waals surface area contributed by atoms with E-state index in [0.29, 0.717) is 0 Å². The van der Waals surface area contributed by atoms with Gasteiger partial charge in [0.2, 0.25) is 5.91 Å². The molecule has 2 N–H and O–H groups in total. The largest absolute Gasteiger partial charge is 0.324 e. The van der Waals surface area contributed by atoms with Crippen LogP contribution in [0.1, 0.15) is 16.9 Å². The zero-order chi connectivity index (χ0) is 13.8. The maximum Gasteiger partial charge on any atom is 0.241 e. The molecule has 0 spiro atoms. The van der Waals surface area contributed by atoms with Gasteiger partial charge in [-0.2, -0.15) is 0 Å². The number of para-hydroxylation sites is 1. The lowest BCUT2D eigenvalue weighted by Crippen LogP contribution is -2.40. The summed E-state index contributed by atoms with van der Waals surface area (Å²) in [4.78, 5) is 13.6. The number of hydrogen-bond acceptors (Lipinski definition) is 3. The molecule has 2 heterocycles. The number of amides is 1. The minimum atomic E-state index is -0.0950. The SMILES string of the molecule is O=C1Nc2ccccc2CCC1NCCc1cccs1. The summed E-state index contributed by atoms with van der Waals surface area (Å²) in [6.07, 6.45) is 2.77. The van der Waals surface area contributed by atoms with Crippen LogP contribution in [0.2, 0.25) is 0 Å². The van der Waals surface area contributed by atoms with Gasteiger partial charge >= 0.3 is 0 Å². The highest BCUT2D eigenvalue weighted by Gasteiger charge is 2.22. The highest BCUT2D eigenvalue weighted by Crippen LogP contribution is 2.21. The number of rotatable bonds is 4. The van der Waals surface area contributed by atoms with E-state index in [1.807, 2.05) is 18.2 Å². The molecule has 1 amide bonds. The number of hydrogen-bond donors (Lipinski definition) is 2. The van der Waals surface area contributed by atoms with Crippen molar-refractivity contribution in [3.05, 3.63) is 52.2 Å². The normalized spacial score (nSPS) is 18.2. The Morgan fingerprint density at radius 3 is 3.00 bits per heavy atom. The lowest BCUT2D eigenvalue weighted by Gasteiger charge is -2.14. The molecule has 0 aliphatic carbocycles. The molecule has 104 valence electrons. The Morgan fingerprint density at radius 2 is 2.15 bits per heavy atom. The summed E-state index contributed by atoms with van der Waals surface area (Å²) in [5.41, 5.74) is 2.18. The highest BCUT2D eigenvalue weighted by atomic mass is 32.1. The van der Waals surface area contributed by atoms with Crippen molar-refractivity contribution >= 4 is 22.9 Å². The first kappa shape index (κ1) is 13.3. The highest BCUT2D eigenvalue weighted by molar-refractivity contribution is 7.09. The monoisotopic (exact) mass is 286 g/mol. The van der Waals surface area contributed by atoms with Crippen LogP contribution in [0.15, 0.2) is 41.8 Å². The van der Waals surface area contributed by atoms with Crippen LogP contribution in [-0.4, -0.2) is 18.5 Å². The van der Waals surface area contributed by atoms with Gasteiger partial charge in [-0.1, -0.05) is 24.3 Å². The Hall–Kier alpha value is -1.65. The van der Waals surface area contributed by atoms with Crippen LogP contribution in [0.4, 0.5) is 5.69 Å². The van der Waals surface area contributed by atoms with E-state index in [-0.39, 0.29) is 11.9 Å². The molecule has 3 nitrogen and oxygen atoms in total. The Morgan fingerprint density at radius 1 is 1.25 bits per heavy atom. The fourth-order valence-corrected chi connectivity index (χ4v) is 3.24. The van der Waals surface area contributed by atoms with Gasteiger partial charge in [0.15, 0.2) is 0 Å². The van der Waals surface area contributed by atoms with Crippen molar-refractivity contribution in [2.24, 2.45) is 0 Å². The molecule has 0 saturated heterocycles. The zero-order valence-corrected chi connectivity index (χ0v) is 12.1. The van der Waals surface area contributed by atoms with Gasteiger partial charge in [-0.3, -0.25) is 4.79 Å². The third-order valence-electron chi connectivity index (χ3n) is 3.64. The molecule has 0 radical (unpaired) electrons. The van der Waals surface area contributed by atoms with Crippen molar-refractivity contribution in [1.82, 2.24) is 5.32 Å². The fraction of sp³-hybridized carbons (Fsp3) is 0.312. The molecule has 0 bridgehead atoms. The first-order chi connectivity index (χ1) is 9.83. The van der Waals surface area contributed by atoms with Crippen LogP contribution in [-0.2, 0) is 17.6 Å². The molecule has 0 fully saturated rings. The topological polar surface area (TPSA) is 41.1 Å². The van der Waals surface area contributed by atoms with Crippen molar-refractivity contribution in [2.75, 3.05) is 11.9 Å². The van der Waals surface area contributed by atoms with Crippen molar-refractivity contribution < 1.29 is 4.79 Å². The van der Waals surface area contributed by atoms with Crippen LogP contribution < -0.4 is 10.6 Å². The molecular weight excluding hydrogens is 268 g/mol. The Labute approximate surface area is 123 Å². The second kappa shape index (κ2) is 6.20. The number of carbonyl (C=O) groups excluding carboxylic acids is 1. The van der Waals surface area contributed by atoms with Crippen molar-refractivity contribution in [1.29, 1.82) is 0 Å². The summed E-state index contributed by atoms with van der Waals surface area (Å²) in [5.74, 6) is 0.0844. The van der Waals surface area contributed by atoms with Crippen molar-refractivity contribution in [3.63, 3.8) is 0 Å². The molecule has 1 atom stereocenters. The Bertz CT molecular complexity index is 580. The van der Waals surface area contributed by atoms with E-state index in [4.69, 9.17) is 0 Å². The van der Waals surface area contributed by atoms with E-state index in [1.54, 1.807) is 11.3 Å². The predicted molar refractivity (Wildman–Crippen MR) is 83.2 cm³/mol. The van der Waals surface area contributed by atoms with Gasteiger partial charge in [0, 0.05) is 17.1 Å². The standard InChI is InChI=1S/C16H18N2OS/c19-16-15(17-10-9-13-5-3-11-20-13)8-7-12-4-1-2-6-14(12)18-16/h1-6,11,15,17H,7-10H2,(H,18,19). The maximum absolute atomic E-state index is 12.2. The summed E-state index contributed by atoms with van der Waals surface area (Å²) in [5, 5.41) is 8.48. The van der Waals surface area contributed by atoms with Crippen LogP contribution >= 0.6 is 11.3 Å². The number of aryl methyl sites for hydroxylation is 1. The second-order valence-electron chi connectivity index (χ2n) is 5.02. The van der Waals surface area contributed by atoms with Gasteiger partial charge < -0.3 is 10.6 Å². The number of thiophene rings is 1. The Balaban J connectivity index is 1.57. The predicted octanol–water partition coefficient (Wildman–Crippen LogP) is 2.83. The smallest absolute Gasteiger partial charge is 0.241 e. The third kappa shape index (κ3) is 3.08. The molecule has 20 heavy (non-hydrogen) atoms. The Kier molecular flexibility index (Phi) is 4.14. The minimum absolute atomic E-state index is 0.0844. The van der Waals surface area contributed by atoms with Crippen LogP contribution in [0, 0.1) is 0 Å². The molecule has 0 saturated carbocycles. The van der Waals surface area contributed by atoms with Gasteiger partial charge in [0.25, 0.3) is 0 Å². The quantitative estimate of drug-likeness (QED) is 0.907. The third-order valence-corrected chi connectivity index (χ3v) is 4.57. The van der Waals surface area contributed by atoms with Gasteiger partial charge in [-0.05, 0) is 42.3 Å². The van der Waals surface area contributed by atoms with Crippen molar-refractivity contribution in [3.8, 4) is 0 Å². The van der Waals surface area contributed by atoms with E-state index in [1.165, 1.54) is 10.4 Å². The second-order valence-corrected chi connectivity index (χ2v) is 6.05. The van der Waals surface area contributed by atoms with Crippen LogP contribution in [0.25, 0.3) is 0 Å². The first-order valence-corrected chi connectivity index (χ1v) is 7.85. The van der Waals surface area contributed by atoms with E-state index in [2.05, 4.69) is 34.2 Å². The molecule has 1 unspecified atom stereocenters. The average molecular weight is 286 g/mol. The first-order valence-electron chi connectivity index (χ1n) is 6.97. The minimum Gasteiger partial charge on any atom is -0.324 e. The molecular formula is C16H18N2OS. The van der Waals surface area contributed by atoms with E-state index < -0.39 is 0 Å². The van der Waals surface area contributed by atoms with Gasteiger partial charge in [-0.25, -0.2) is 0 Å². The van der Waals surface area contributed by atoms with Crippen molar-refractivity contribution in [2.45, 2.75) is 25.3 Å². The summed E-state index contributed by atoms with van der Waals surface area (Å²) >= 11 is 1.76. The zero-order valence-electron chi connectivity index (χ0n) is 11.3. The number of nitrogens with one attached hydrogen (secondary N) is 2. The summed E-state index contributed by atoms with van der Waals surface area (Å²) in [7, 11) is 0. The number of carbonyl (C=O) groups is 1. The van der Waals surface area contributed by atoms with Gasteiger partial charge in [-0.15, -0.1) is 11.3 Å². The van der Waals surface area contributed by atoms with E-state index in [0.717, 1.165) is 31.5 Å². The molecule has 3 rings (SSSR count).